The molecule has 0 saturated heterocycles. The Hall–Kier alpha value is -1.55. The fraction of sp³-hybridized carbons (Fsp3) is 0.368. The van der Waals surface area contributed by atoms with E-state index in [0.29, 0.717) is 10.6 Å². The molecule has 0 fully saturated rings. The second-order valence-electron chi connectivity index (χ2n) is 6.17. The first-order valence-corrected chi connectivity index (χ1v) is 8.17. The lowest BCUT2D eigenvalue weighted by Crippen LogP contribution is -2.33. The number of nitrogens with zero attached hydrogens (tertiary/aromatic N) is 1. The lowest BCUT2D eigenvalue weighted by Gasteiger charge is -2.34. The summed E-state index contributed by atoms with van der Waals surface area (Å²) in [5.74, 6) is 0.164. The normalized spacial score (nSPS) is 14.0. The van der Waals surface area contributed by atoms with Gasteiger partial charge < -0.3 is 15.1 Å². The van der Waals surface area contributed by atoms with Crippen LogP contribution in [-0.2, 0) is 5.41 Å². The summed E-state index contributed by atoms with van der Waals surface area (Å²) in [6.07, 6.45) is 1.62. The van der Waals surface area contributed by atoms with Gasteiger partial charge in [0.25, 0.3) is 0 Å². The number of aromatic hydroxyl groups is 1. The van der Waals surface area contributed by atoms with Crippen LogP contribution < -0.4 is 0 Å². The second-order valence-corrected chi connectivity index (χ2v) is 6.61. The Balaban J connectivity index is 2.51. The molecule has 0 amide bonds. The number of hydrogen-bond acceptors (Lipinski definition) is 3. The zero-order chi connectivity index (χ0) is 16.9. The number of hydrogen-bond donors (Lipinski definition) is 2. The number of phenols is 1. The van der Waals surface area contributed by atoms with E-state index in [1.807, 2.05) is 44.4 Å². The van der Waals surface area contributed by atoms with Gasteiger partial charge >= 0.3 is 0 Å². The number of rotatable bonds is 7. The van der Waals surface area contributed by atoms with E-state index in [-0.39, 0.29) is 12.4 Å². The van der Waals surface area contributed by atoms with Crippen molar-refractivity contribution in [1.82, 2.24) is 4.90 Å². The van der Waals surface area contributed by atoms with E-state index in [2.05, 4.69) is 4.90 Å². The lowest BCUT2D eigenvalue weighted by atomic mass is 9.71. The molecule has 0 radical (unpaired) electrons. The summed E-state index contributed by atoms with van der Waals surface area (Å²) in [6.45, 7) is 0.828. The Morgan fingerprint density at radius 3 is 2.39 bits per heavy atom. The van der Waals surface area contributed by atoms with Crippen LogP contribution in [0.25, 0.3) is 0 Å². The molecule has 23 heavy (non-hydrogen) atoms. The zero-order valence-corrected chi connectivity index (χ0v) is 14.4. The standard InChI is InChI=1S/C19H24ClNO2/c1-21(2)12-6-11-19(14-22,15-7-4-3-5-8-15)17-13-16(20)9-10-18(17)23/h3-5,7-10,13,22-23H,6,11-12,14H2,1-2H3. The molecule has 2 aromatic carbocycles. The molecule has 4 heteroatoms. The first-order chi connectivity index (χ1) is 11.0. The van der Waals surface area contributed by atoms with Crippen molar-refractivity contribution in [1.29, 1.82) is 0 Å². The van der Waals surface area contributed by atoms with Crippen molar-refractivity contribution >= 4 is 11.6 Å². The van der Waals surface area contributed by atoms with Gasteiger partial charge in [-0.1, -0.05) is 41.9 Å². The van der Waals surface area contributed by atoms with Crippen molar-refractivity contribution in [3.63, 3.8) is 0 Å². The van der Waals surface area contributed by atoms with Crippen LogP contribution in [-0.4, -0.2) is 42.4 Å². The molecule has 2 N–H and O–H groups in total. The van der Waals surface area contributed by atoms with Crippen LogP contribution in [0, 0.1) is 0 Å². The summed E-state index contributed by atoms with van der Waals surface area (Å²) in [7, 11) is 4.06. The Bertz CT molecular complexity index is 631. The lowest BCUT2D eigenvalue weighted by molar-refractivity contribution is 0.201. The summed E-state index contributed by atoms with van der Waals surface area (Å²) < 4.78 is 0. The fourth-order valence-electron chi connectivity index (χ4n) is 3.04. The molecule has 124 valence electrons. The Morgan fingerprint density at radius 2 is 1.78 bits per heavy atom. The van der Waals surface area contributed by atoms with Crippen molar-refractivity contribution in [3.05, 3.63) is 64.7 Å². The highest BCUT2D eigenvalue weighted by Crippen LogP contribution is 2.41. The molecule has 0 aliphatic heterocycles. The molecular weight excluding hydrogens is 310 g/mol. The Morgan fingerprint density at radius 1 is 1.09 bits per heavy atom. The first kappa shape index (κ1) is 17.8. The van der Waals surface area contributed by atoms with Crippen molar-refractivity contribution in [2.24, 2.45) is 0 Å². The third-order valence-corrected chi connectivity index (χ3v) is 4.51. The fourth-order valence-corrected chi connectivity index (χ4v) is 3.21. The highest BCUT2D eigenvalue weighted by molar-refractivity contribution is 6.30. The van der Waals surface area contributed by atoms with E-state index < -0.39 is 5.41 Å². The maximum absolute atomic E-state index is 10.4. The predicted molar refractivity (Wildman–Crippen MR) is 95.2 cm³/mol. The minimum absolute atomic E-state index is 0.0850. The van der Waals surface area contributed by atoms with E-state index in [4.69, 9.17) is 11.6 Å². The van der Waals surface area contributed by atoms with Crippen LogP contribution in [0.1, 0.15) is 24.0 Å². The SMILES string of the molecule is CN(C)CCCC(CO)(c1ccccc1)c1cc(Cl)ccc1O. The topological polar surface area (TPSA) is 43.7 Å². The highest BCUT2D eigenvalue weighted by Gasteiger charge is 2.35. The molecule has 3 nitrogen and oxygen atoms in total. The number of benzene rings is 2. The van der Waals surface area contributed by atoms with Gasteiger partial charge in [0.1, 0.15) is 5.75 Å². The molecular formula is C19H24ClNO2. The zero-order valence-electron chi connectivity index (χ0n) is 13.7. The van der Waals surface area contributed by atoms with Gasteiger partial charge in [0.2, 0.25) is 0 Å². The first-order valence-electron chi connectivity index (χ1n) is 7.80. The van der Waals surface area contributed by atoms with Crippen molar-refractivity contribution in [3.8, 4) is 5.75 Å². The van der Waals surface area contributed by atoms with Gasteiger partial charge in [-0.25, -0.2) is 0 Å². The van der Waals surface area contributed by atoms with Gasteiger partial charge in [0, 0.05) is 16.0 Å². The summed E-state index contributed by atoms with van der Waals surface area (Å²) >= 11 is 6.15. The van der Waals surface area contributed by atoms with Gasteiger partial charge in [-0.2, -0.15) is 0 Å². The minimum Gasteiger partial charge on any atom is -0.508 e. The van der Waals surface area contributed by atoms with Gasteiger partial charge in [-0.3, -0.25) is 0 Å². The van der Waals surface area contributed by atoms with Crippen LogP contribution in [0.2, 0.25) is 5.02 Å². The van der Waals surface area contributed by atoms with Crippen LogP contribution in [0.4, 0.5) is 0 Å². The Kier molecular flexibility index (Phi) is 6.05. The summed E-state index contributed by atoms with van der Waals surface area (Å²) in [4.78, 5) is 2.12. The van der Waals surface area contributed by atoms with E-state index in [9.17, 15) is 10.2 Å². The van der Waals surface area contributed by atoms with Crippen LogP contribution in [0.3, 0.4) is 0 Å². The molecule has 0 aliphatic rings. The van der Waals surface area contributed by atoms with Gasteiger partial charge in [-0.05, 0) is 57.2 Å². The maximum Gasteiger partial charge on any atom is 0.119 e. The van der Waals surface area contributed by atoms with Crippen molar-refractivity contribution in [2.45, 2.75) is 18.3 Å². The van der Waals surface area contributed by atoms with Crippen LogP contribution in [0.15, 0.2) is 48.5 Å². The van der Waals surface area contributed by atoms with E-state index in [1.165, 1.54) is 0 Å². The summed E-state index contributed by atoms with van der Waals surface area (Å²) in [6, 6.07) is 14.8. The summed E-state index contributed by atoms with van der Waals surface area (Å²) in [5, 5.41) is 21.2. The smallest absolute Gasteiger partial charge is 0.119 e. The molecule has 1 unspecified atom stereocenters. The minimum atomic E-state index is -0.660. The van der Waals surface area contributed by atoms with Gasteiger partial charge in [0.05, 0.1) is 6.61 Å². The monoisotopic (exact) mass is 333 g/mol. The molecule has 0 heterocycles. The summed E-state index contributed by atoms with van der Waals surface area (Å²) in [5.41, 5.74) is 1.00. The average Bonchev–Trinajstić information content (AvgIpc) is 2.55. The third kappa shape index (κ3) is 4.05. The van der Waals surface area contributed by atoms with Gasteiger partial charge in [-0.15, -0.1) is 0 Å². The highest BCUT2D eigenvalue weighted by atomic mass is 35.5. The van der Waals surface area contributed by atoms with Crippen molar-refractivity contribution < 1.29 is 10.2 Å². The third-order valence-electron chi connectivity index (χ3n) is 4.28. The molecule has 0 saturated carbocycles. The molecule has 1 atom stereocenters. The Labute approximate surface area is 143 Å². The van der Waals surface area contributed by atoms with E-state index >= 15 is 0 Å². The average molecular weight is 334 g/mol. The number of phenolic OH excluding ortho intramolecular Hbond substituents is 1. The largest absolute Gasteiger partial charge is 0.508 e. The molecule has 2 rings (SSSR count). The molecule has 2 aromatic rings. The van der Waals surface area contributed by atoms with Gasteiger partial charge in [0.15, 0.2) is 0 Å². The molecule has 0 aliphatic carbocycles. The maximum atomic E-state index is 10.4. The second kappa shape index (κ2) is 7.82. The predicted octanol–water partition coefficient (Wildman–Crippen LogP) is 3.67. The van der Waals surface area contributed by atoms with E-state index in [1.54, 1.807) is 18.2 Å². The number of halogens is 1. The number of aliphatic hydroxyl groups excluding tert-OH is 1. The van der Waals surface area contributed by atoms with Crippen LogP contribution >= 0.6 is 11.6 Å². The molecule has 0 aromatic heterocycles. The van der Waals surface area contributed by atoms with Crippen molar-refractivity contribution in [2.75, 3.05) is 27.2 Å². The van der Waals surface area contributed by atoms with Crippen LogP contribution in [0.5, 0.6) is 5.75 Å². The van der Waals surface area contributed by atoms with E-state index in [0.717, 1.165) is 24.9 Å². The number of aliphatic hydroxyl groups is 1. The molecule has 0 spiro atoms. The quantitative estimate of drug-likeness (QED) is 0.812. The molecule has 0 bridgehead atoms.